The number of benzene rings is 1. The van der Waals surface area contributed by atoms with Crippen molar-refractivity contribution in [1.29, 1.82) is 0 Å². The van der Waals surface area contributed by atoms with Crippen LogP contribution in [0, 0.1) is 6.92 Å². The van der Waals surface area contributed by atoms with Gasteiger partial charge in [0, 0.05) is 56.0 Å². The van der Waals surface area contributed by atoms with E-state index in [1.165, 1.54) is 0 Å². The van der Waals surface area contributed by atoms with Crippen LogP contribution in [0.4, 0.5) is 11.4 Å². The molecule has 0 aliphatic carbocycles. The molecule has 3 aliphatic heterocycles. The molecule has 0 spiro atoms. The first-order valence-corrected chi connectivity index (χ1v) is 13.1. The smallest absolute Gasteiger partial charge is 0.354 e. The number of piperazine rings is 1. The van der Waals surface area contributed by atoms with Crippen LogP contribution in [-0.4, -0.2) is 65.2 Å². The molecular formula is C26H31ClN6O3. The summed E-state index contributed by atoms with van der Waals surface area (Å²) in [5.74, 6) is -1.00. The molecule has 36 heavy (non-hydrogen) atoms. The van der Waals surface area contributed by atoms with Crippen molar-refractivity contribution < 1.29 is 14.6 Å². The van der Waals surface area contributed by atoms with Crippen molar-refractivity contribution in [2.75, 3.05) is 49.1 Å². The van der Waals surface area contributed by atoms with Crippen LogP contribution in [-0.2, 0) is 17.7 Å². The average Bonchev–Trinajstić information content (AvgIpc) is 3.32. The third-order valence-electron chi connectivity index (χ3n) is 7.58. The number of carbonyl (C=O) groups is 1. The molecule has 0 bridgehead atoms. The lowest BCUT2D eigenvalue weighted by molar-refractivity contribution is -0.0366. The van der Waals surface area contributed by atoms with Gasteiger partial charge in [-0.3, -0.25) is 0 Å². The molecule has 0 amide bonds. The first-order valence-electron chi connectivity index (χ1n) is 12.8. The molecule has 1 atom stereocenters. The van der Waals surface area contributed by atoms with E-state index in [0.29, 0.717) is 11.6 Å². The van der Waals surface area contributed by atoms with Crippen molar-refractivity contribution in [3.05, 3.63) is 45.9 Å². The van der Waals surface area contributed by atoms with Crippen molar-refractivity contribution in [2.24, 2.45) is 0 Å². The first-order chi connectivity index (χ1) is 17.5. The number of aromatic carboxylic acids is 1. The Kier molecular flexibility index (Phi) is 6.23. The Morgan fingerprint density at radius 2 is 2.03 bits per heavy atom. The molecule has 1 unspecified atom stereocenters. The fraction of sp³-hybridized carbons (Fsp3) is 0.500. The standard InChI is InChI=1S/C26H31ClN6O3/c1-16-12-22-18(14-29-33(22)23-4-2-3-11-36-23)25(24(16)27)32-8-5-17-20(15-32)30-19(26(34)35)13-21(17)31-9-6-28-7-10-31/h12-14,23,28H,2-11,15H2,1H3,(H,34,35). The molecule has 3 aliphatic rings. The summed E-state index contributed by atoms with van der Waals surface area (Å²) in [5, 5.41) is 19.6. The zero-order chi connectivity index (χ0) is 24.8. The maximum Gasteiger partial charge on any atom is 0.354 e. The highest BCUT2D eigenvalue weighted by molar-refractivity contribution is 6.35. The Balaban J connectivity index is 1.41. The molecule has 2 fully saturated rings. The summed E-state index contributed by atoms with van der Waals surface area (Å²) in [6, 6.07) is 3.83. The lowest BCUT2D eigenvalue weighted by Gasteiger charge is -2.36. The Morgan fingerprint density at radius 3 is 2.78 bits per heavy atom. The number of nitrogens with one attached hydrogen (secondary N) is 1. The second-order valence-electron chi connectivity index (χ2n) is 9.86. The average molecular weight is 511 g/mol. The molecule has 6 rings (SSSR count). The maximum absolute atomic E-state index is 11.9. The number of aryl methyl sites for hydroxylation is 1. The molecule has 9 nitrogen and oxygen atoms in total. The number of hydrogen-bond donors (Lipinski definition) is 2. The molecular weight excluding hydrogens is 480 g/mol. The molecule has 5 heterocycles. The highest BCUT2D eigenvalue weighted by Gasteiger charge is 2.29. The van der Waals surface area contributed by atoms with Gasteiger partial charge >= 0.3 is 5.97 Å². The Labute approximate surface area is 215 Å². The molecule has 2 saturated heterocycles. The summed E-state index contributed by atoms with van der Waals surface area (Å²) < 4.78 is 8.01. The summed E-state index contributed by atoms with van der Waals surface area (Å²) in [4.78, 5) is 21.0. The van der Waals surface area contributed by atoms with Gasteiger partial charge in [-0.25, -0.2) is 14.5 Å². The predicted molar refractivity (Wildman–Crippen MR) is 139 cm³/mol. The van der Waals surface area contributed by atoms with E-state index in [1.807, 2.05) is 17.8 Å². The zero-order valence-electron chi connectivity index (χ0n) is 20.5. The van der Waals surface area contributed by atoms with Crippen molar-refractivity contribution >= 4 is 39.8 Å². The molecule has 190 valence electrons. The van der Waals surface area contributed by atoms with Crippen molar-refractivity contribution in [2.45, 2.75) is 45.4 Å². The summed E-state index contributed by atoms with van der Waals surface area (Å²) in [6.07, 6.45) is 5.75. The summed E-state index contributed by atoms with van der Waals surface area (Å²) in [5.41, 5.74) is 5.97. The van der Waals surface area contributed by atoms with Crippen molar-refractivity contribution in [3.8, 4) is 0 Å². The number of carboxylic acids is 1. The lowest BCUT2D eigenvalue weighted by atomic mass is 9.99. The Bertz CT molecular complexity index is 1310. The van der Waals surface area contributed by atoms with Gasteiger partial charge in [-0.1, -0.05) is 11.6 Å². The number of nitrogens with zero attached hydrogens (tertiary/aromatic N) is 5. The Hall–Kier alpha value is -2.88. The van der Waals surface area contributed by atoms with Crippen LogP contribution in [0.1, 0.15) is 52.8 Å². The quantitative estimate of drug-likeness (QED) is 0.547. The molecule has 3 aromatic rings. The number of hydrogen-bond acceptors (Lipinski definition) is 7. The zero-order valence-corrected chi connectivity index (χ0v) is 21.2. The number of ether oxygens (including phenoxy) is 1. The van der Waals surface area contributed by atoms with Crippen LogP contribution < -0.4 is 15.1 Å². The number of fused-ring (bicyclic) bond motifs is 2. The SMILES string of the molecule is Cc1cc2c(cnn2C2CCCCO2)c(N2CCc3c(N4CCNCC4)cc(C(=O)O)nc3C2)c1Cl. The van der Waals surface area contributed by atoms with E-state index in [2.05, 4.69) is 26.2 Å². The topological polar surface area (TPSA) is 95.8 Å². The second kappa shape index (κ2) is 9.53. The van der Waals surface area contributed by atoms with E-state index in [0.717, 1.165) is 104 Å². The number of pyridine rings is 1. The lowest BCUT2D eigenvalue weighted by Crippen LogP contribution is -2.44. The van der Waals surface area contributed by atoms with Gasteiger partial charge in [0.25, 0.3) is 0 Å². The highest BCUT2D eigenvalue weighted by atomic mass is 35.5. The molecule has 2 N–H and O–H groups in total. The van der Waals surface area contributed by atoms with Crippen LogP contribution in [0.2, 0.25) is 5.02 Å². The number of rotatable bonds is 4. The number of anilines is 2. The minimum absolute atomic E-state index is 0.0619. The Morgan fingerprint density at radius 1 is 1.19 bits per heavy atom. The second-order valence-corrected chi connectivity index (χ2v) is 10.2. The fourth-order valence-corrected chi connectivity index (χ4v) is 6.01. The van der Waals surface area contributed by atoms with Crippen LogP contribution in [0.5, 0.6) is 0 Å². The van der Waals surface area contributed by atoms with Crippen LogP contribution >= 0.6 is 11.6 Å². The van der Waals surface area contributed by atoms with E-state index < -0.39 is 5.97 Å². The third-order valence-corrected chi connectivity index (χ3v) is 8.05. The van der Waals surface area contributed by atoms with Gasteiger partial charge in [-0.2, -0.15) is 5.10 Å². The van der Waals surface area contributed by atoms with E-state index in [-0.39, 0.29) is 11.9 Å². The summed E-state index contributed by atoms with van der Waals surface area (Å²) in [6.45, 7) is 7.52. The summed E-state index contributed by atoms with van der Waals surface area (Å²) >= 11 is 6.92. The number of halogens is 1. The highest BCUT2D eigenvalue weighted by Crippen LogP contribution is 2.41. The van der Waals surface area contributed by atoms with Gasteiger partial charge in [0.15, 0.2) is 11.9 Å². The van der Waals surface area contributed by atoms with E-state index in [4.69, 9.17) is 21.4 Å². The van der Waals surface area contributed by atoms with Gasteiger partial charge in [0.1, 0.15) is 0 Å². The van der Waals surface area contributed by atoms with E-state index >= 15 is 0 Å². The van der Waals surface area contributed by atoms with Crippen LogP contribution in [0.25, 0.3) is 10.9 Å². The van der Waals surface area contributed by atoms with Gasteiger partial charge in [0.2, 0.25) is 0 Å². The maximum atomic E-state index is 11.9. The molecule has 1 aromatic carbocycles. The number of aromatic nitrogens is 3. The predicted octanol–water partition coefficient (Wildman–Crippen LogP) is 3.76. The van der Waals surface area contributed by atoms with Gasteiger partial charge in [-0.15, -0.1) is 0 Å². The molecule has 10 heteroatoms. The van der Waals surface area contributed by atoms with Crippen LogP contribution in [0.15, 0.2) is 18.3 Å². The normalized spacial score (nSPS) is 20.6. The minimum atomic E-state index is -1.00. The van der Waals surface area contributed by atoms with Crippen molar-refractivity contribution in [3.63, 3.8) is 0 Å². The fourth-order valence-electron chi connectivity index (χ4n) is 5.73. The van der Waals surface area contributed by atoms with E-state index in [9.17, 15) is 9.90 Å². The van der Waals surface area contributed by atoms with Gasteiger partial charge in [-0.05, 0) is 50.3 Å². The number of carboxylic acid groups (broad SMARTS) is 1. The minimum Gasteiger partial charge on any atom is -0.477 e. The monoisotopic (exact) mass is 510 g/mol. The van der Waals surface area contributed by atoms with Gasteiger partial charge in [0.05, 0.1) is 34.7 Å². The summed E-state index contributed by atoms with van der Waals surface area (Å²) in [7, 11) is 0. The molecule has 0 radical (unpaired) electrons. The first kappa shape index (κ1) is 23.5. The molecule has 0 saturated carbocycles. The van der Waals surface area contributed by atoms with Crippen molar-refractivity contribution in [1.82, 2.24) is 20.1 Å². The molecule has 2 aromatic heterocycles. The van der Waals surface area contributed by atoms with E-state index in [1.54, 1.807) is 6.07 Å². The van der Waals surface area contributed by atoms with Gasteiger partial charge < -0.3 is 25.0 Å². The van der Waals surface area contributed by atoms with Crippen LogP contribution in [0.3, 0.4) is 0 Å². The third kappa shape index (κ3) is 4.09. The largest absolute Gasteiger partial charge is 0.477 e.